The standard InChI is InChI=1S/C11H18N2OS/c1-3-10(6-11(12)15)13(2)7-9-4-5-14-8-9/h4-5,8,10H,3,6-7H2,1-2H3,(H2,12,15). The van der Waals surface area contributed by atoms with Crippen molar-refractivity contribution in [1.29, 1.82) is 0 Å². The van der Waals surface area contributed by atoms with E-state index in [0.717, 1.165) is 19.4 Å². The Morgan fingerprint density at radius 3 is 2.87 bits per heavy atom. The zero-order valence-corrected chi connectivity index (χ0v) is 10.1. The number of hydrogen-bond donors (Lipinski definition) is 1. The lowest BCUT2D eigenvalue weighted by atomic mass is 10.1. The minimum Gasteiger partial charge on any atom is -0.472 e. The second-order valence-corrected chi connectivity index (χ2v) is 4.30. The molecule has 0 bridgehead atoms. The van der Waals surface area contributed by atoms with Crippen LogP contribution in [-0.4, -0.2) is 23.0 Å². The van der Waals surface area contributed by atoms with E-state index in [1.165, 1.54) is 5.56 Å². The van der Waals surface area contributed by atoms with Crippen LogP contribution >= 0.6 is 12.2 Å². The third-order valence-corrected chi connectivity index (χ3v) is 2.71. The molecule has 0 saturated carbocycles. The van der Waals surface area contributed by atoms with Crippen LogP contribution in [0.4, 0.5) is 0 Å². The number of rotatable bonds is 6. The summed E-state index contributed by atoms with van der Waals surface area (Å²) in [6.45, 7) is 3.02. The number of hydrogen-bond acceptors (Lipinski definition) is 3. The molecule has 0 saturated heterocycles. The summed E-state index contributed by atoms with van der Waals surface area (Å²) in [6.07, 6.45) is 5.29. The highest BCUT2D eigenvalue weighted by molar-refractivity contribution is 7.80. The molecule has 3 nitrogen and oxygen atoms in total. The quantitative estimate of drug-likeness (QED) is 0.755. The molecule has 1 atom stereocenters. The topological polar surface area (TPSA) is 42.4 Å². The van der Waals surface area contributed by atoms with Crippen LogP contribution in [0.5, 0.6) is 0 Å². The van der Waals surface area contributed by atoms with Crippen LogP contribution in [0.25, 0.3) is 0 Å². The zero-order valence-electron chi connectivity index (χ0n) is 9.27. The van der Waals surface area contributed by atoms with Gasteiger partial charge in [0.05, 0.1) is 17.5 Å². The molecule has 0 aliphatic rings. The van der Waals surface area contributed by atoms with Gasteiger partial charge in [0.15, 0.2) is 0 Å². The average Bonchev–Trinajstić information content (AvgIpc) is 2.66. The first-order valence-electron chi connectivity index (χ1n) is 5.13. The first-order chi connectivity index (χ1) is 7.13. The molecule has 1 heterocycles. The van der Waals surface area contributed by atoms with Crippen molar-refractivity contribution < 1.29 is 4.42 Å². The third kappa shape index (κ3) is 4.01. The Kier molecular flexibility index (Phi) is 4.78. The summed E-state index contributed by atoms with van der Waals surface area (Å²) in [5.41, 5.74) is 6.75. The van der Waals surface area contributed by atoms with Gasteiger partial charge in [-0.05, 0) is 19.5 Å². The molecule has 0 amide bonds. The molecular weight excluding hydrogens is 208 g/mol. The van der Waals surface area contributed by atoms with Crippen molar-refractivity contribution in [3.05, 3.63) is 24.2 Å². The molecule has 0 fully saturated rings. The van der Waals surface area contributed by atoms with E-state index in [-0.39, 0.29) is 0 Å². The number of nitrogens with zero attached hydrogens (tertiary/aromatic N) is 1. The highest BCUT2D eigenvalue weighted by atomic mass is 32.1. The van der Waals surface area contributed by atoms with E-state index in [0.29, 0.717) is 11.0 Å². The summed E-state index contributed by atoms with van der Waals surface area (Å²) in [5.74, 6) is 0. The van der Waals surface area contributed by atoms with Gasteiger partial charge in [-0.15, -0.1) is 0 Å². The maximum Gasteiger partial charge on any atom is 0.0947 e. The van der Waals surface area contributed by atoms with E-state index < -0.39 is 0 Å². The predicted molar refractivity (Wildman–Crippen MR) is 65.7 cm³/mol. The number of furan rings is 1. The molecule has 15 heavy (non-hydrogen) atoms. The molecule has 1 rings (SSSR count). The van der Waals surface area contributed by atoms with Crippen LogP contribution in [0.3, 0.4) is 0 Å². The first-order valence-corrected chi connectivity index (χ1v) is 5.54. The molecule has 0 radical (unpaired) electrons. The van der Waals surface area contributed by atoms with E-state index in [1.54, 1.807) is 12.5 Å². The molecular formula is C11H18N2OS. The Morgan fingerprint density at radius 2 is 2.40 bits per heavy atom. The zero-order chi connectivity index (χ0) is 11.3. The van der Waals surface area contributed by atoms with Crippen LogP contribution in [0, 0.1) is 0 Å². The fourth-order valence-electron chi connectivity index (χ4n) is 1.64. The van der Waals surface area contributed by atoms with Crippen molar-refractivity contribution in [2.45, 2.75) is 32.4 Å². The van der Waals surface area contributed by atoms with Gasteiger partial charge >= 0.3 is 0 Å². The Labute approximate surface area is 96.2 Å². The molecule has 0 aliphatic carbocycles. The Hall–Kier alpha value is -0.870. The number of nitrogens with two attached hydrogens (primary N) is 1. The van der Waals surface area contributed by atoms with E-state index in [4.69, 9.17) is 22.4 Å². The summed E-state index contributed by atoms with van der Waals surface area (Å²) in [4.78, 5) is 2.84. The first kappa shape index (κ1) is 12.2. The lowest BCUT2D eigenvalue weighted by molar-refractivity contribution is 0.232. The van der Waals surface area contributed by atoms with E-state index in [2.05, 4.69) is 18.9 Å². The van der Waals surface area contributed by atoms with Gasteiger partial charge in [-0.1, -0.05) is 19.1 Å². The molecule has 84 valence electrons. The normalized spacial score (nSPS) is 13.0. The SMILES string of the molecule is CCC(CC(N)=S)N(C)Cc1ccoc1. The largest absolute Gasteiger partial charge is 0.472 e. The van der Waals surface area contributed by atoms with Crippen molar-refractivity contribution >= 4 is 17.2 Å². The van der Waals surface area contributed by atoms with Gasteiger partial charge in [0, 0.05) is 24.6 Å². The van der Waals surface area contributed by atoms with Crippen LogP contribution in [0.2, 0.25) is 0 Å². The molecule has 4 heteroatoms. The smallest absolute Gasteiger partial charge is 0.0947 e. The van der Waals surface area contributed by atoms with Gasteiger partial charge in [0.2, 0.25) is 0 Å². The fraction of sp³-hybridized carbons (Fsp3) is 0.545. The summed E-state index contributed by atoms with van der Waals surface area (Å²) in [7, 11) is 2.08. The van der Waals surface area contributed by atoms with Gasteiger partial charge < -0.3 is 10.2 Å². The molecule has 1 unspecified atom stereocenters. The molecule has 1 aromatic heterocycles. The van der Waals surface area contributed by atoms with Crippen molar-refractivity contribution in [2.24, 2.45) is 5.73 Å². The highest BCUT2D eigenvalue weighted by Crippen LogP contribution is 2.11. The summed E-state index contributed by atoms with van der Waals surface area (Å²) < 4.78 is 5.03. The average molecular weight is 226 g/mol. The number of thiocarbonyl (C=S) groups is 1. The molecule has 0 aliphatic heterocycles. The molecule has 0 spiro atoms. The van der Waals surface area contributed by atoms with Crippen molar-refractivity contribution in [2.75, 3.05) is 7.05 Å². The van der Waals surface area contributed by atoms with E-state index in [1.807, 2.05) is 6.07 Å². The third-order valence-electron chi connectivity index (χ3n) is 2.54. The second-order valence-electron chi connectivity index (χ2n) is 3.78. The summed E-state index contributed by atoms with van der Waals surface area (Å²) >= 11 is 4.94. The van der Waals surface area contributed by atoms with Gasteiger partial charge in [-0.25, -0.2) is 0 Å². The van der Waals surface area contributed by atoms with Crippen LogP contribution in [0.15, 0.2) is 23.0 Å². The Morgan fingerprint density at radius 1 is 1.67 bits per heavy atom. The lowest BCUT2D eigenvalue weighted by Crippen LogP contribution is -2.33. The van der Waals surface area contributed by atoms with Gasteiger partial charge in [-0.2, -0.15) is 0 Å². The maximum absolute atomic E-state index is 5.57. The molecule has 1 aromatic rings. The van der Waals surface area contributed by atoms with Crippen LogP contribution in [-0.2, 0) is 6.54 Å². The predicted octanol–water partition coefficient (Wildman–Crippen LogP) is 2.17. The monoisotopic (exact) mass is 226 g/mol. The van der Waals surface area contributed by atoms with E-state index >= 15 is 0 Å². The van der Waals surface area contributed by atoms with Gasteiger partial charge in [0.25, 0.3) is 0 Å². The minimum atomic E-state index is 0.414. The highest BCUT2D eigenvalue weighted by Gasteiger charge is 2.14. The fourth-order valence-corrected chi connectivity index (χ4v) is 1.84. The van der Waals surface area contributed by atoms with E-state index in [9.17, 15) is 0 Å². The molecule has 2 N–H and O–H groups in total. The van der Waals surface area contributed by atoms with Gasteiger partial charge in [-0.3, -0.25) is 4.90 Å². The summed E-state index contributed by atoms with van der Waals surface area (Å²) in [6, 6.07) is 2.39. The van der Waals surface area contributed by atoms with Gasteiger partial charge in [0.1, 0.15) is 0 Å². The van der Waals surface area contributed by atoms with Crippen LogP contribution < -0.4 is 5.73 Å². The minimum absolute atomic E-state index is 0.414. The Bertz CT molecular complexity index is 298. The maximum atomic E-state index is 5.57. The lowest BCUT2D eigenvalue weighted by Gasteiger charge is -2.26. The van der Waals surface area contributed by atoms with Crippen molar-refractivity contribution in [1.82, 2.24) is 4.90 Å². The molecule has 0 aromatic carbocycles. The Balaban J connectivity index is 2.49. The second kappa shape index (κ2) is 5.88. The van der Waals surface area contributed by atoms with Crippen molar-refractivity contribution in [3.63, 3.8) is 0 Å². The summed E-state index contributed by atoms with van der Waals surface area (Å²) in [5, 5.41) is 0. The van der Waals surface area contributed by atoms with Crippen LogP contribution in [0.1, 0.15) is 25.3 Å². The van der Waals surface area contributed by atoms with Crippen molar-refractivity contribution in [3.8, 4) is 0 Å².